The number of carbonyl (C=O) groups is 2. The molecule has 0 atom stereocenters. The highest BCUT2D eigenvalue weighted by Gasteiger charge is 2.05. The van der Waals surface area contributed by atoms with Gasteiger partial charge in [0.2, 0.25) is 0 Å². The molecule has 0 bridgehead atoms. The van der Waals surface area contributed by atoms with Gasteiger partial charge in [0.25, 0.3) is 11.8 Å². The minimum atomic E-state index is -0.448. The highest BCUT2D eigenvalue weighted by molar-refractivity contribution is 9.10. The Kier molecular flexibility index (Phi) is 5.94. The monoisotopic (exact) mass is 374 g/mol. The van der Waals surface area contributed by atoms with E-state index in [0.29, 0.717) is 11.3 Å². The van der Waals surface area contributed by atoms with Crippen LogP contribution in [0.1, 0.15) is 15.9 Å². The first-order valence-electron chi connectivity index (χ1n) is 6.77. The molecular weight excluding hydrogens is 360 g/mol. The van der Waals surface area contributed by atoms with Crippen molar-refractivity contribution in [3.63, 3.8) is 0 Å². The third-order valence-corrected chi connectivity index (χ3v) is 3.43. The molecule has 2 aromatic carbocycles. The highest BCUT2D eigenvalue weighted by atomic mass is 79.9. The summed E-state index contributed by atoms with van der Waals surface area (Å²) in [7, 11) is 1.56. The molecule has 0 aliphatic heterocycles. The van der Waals surface area contributed by atoms with Crippen LogP contribution in [0.4, 0.5) is 0 Å². The molecule has 0 aliphatic rings. The number of ether oxygens (including phenoxy) is 1. The molecule has 118 valence electrons. The van der Waals surface area contributed by atoms with Crippen LogP contribution in [0.15, 0.2) is 59.1 Å². The van der Waals surface area contributed by atoms with Gasteiger partial charge in [-0.2, -0.15) is 0 Å². The van der Waals surface area contributed by atoms with E-state index in [0.717, 1.165) is 10.0 Å². The van der Waals surface area contributed by atoms with Crippen LogP contribution in [-0.2, 0) is 4.79 Å². The van der Waals surface area contributed by atoms with E-state index in [4.69, 9.17) is 4.74 Å². The average molecular weight is 375 g/mol. The van der Waals surface area contributed by atoms with Gasteiger partial charge in [-0.05, 0) is 36.4 Å². The van der Waals surface area contributed by atoms with Crippen LogP contribution in [-0.4, -0.2) is 18.9 Å². The third kappa shape index (κ3) is 4.96. The molecule has 0 aromatic heterocycles. The maximum absolute atomic E-state index is 11.8. The number of hydrazine groups is 1. The SMILES string of the molecule is COc1ccc(Br)cc1/C=C/C(=O)NNC(=O)c1ccccc1. The number of amides is 2. The Bertz CT molecular complexity index is 730. The Morgan fingerprint density at radius 1 is 1.09 bits per heavy atom. The van der Waals surface area contributed by atoms with Gasteiger partial charge in [-0.15, -0.1) is 0 Å². The molecule has 5 nitrogen and oxygen atoms in total. The van der Waals surface area contributed by atoms with Gasteiger partial charge >= 0.3 is 0 Å². The van der Waals surface area contributed by atoms with Gasteiger partial charge in [0.15, 0.2) is 0 Å². The van der Waals surface area contributed by atoms with Gasteiger partial charge in [0.05, 0.1) is 7.11 Å². The number of rotatable bonds is 4. The Morgan fingerprint density at radius 2 is 1.83 bits per heavy atom. The van der Waals surface area contributed by atoms with E-state index in [1.807, 2.05) is 18.2 Å². The molecule has 0 aliphatic carbocycles. The lowest BCUT2D eigenvalue weighted by atomic mass is 10.2. The van der Waals surface area contributed by atoms with Crippen molar-refractivity contribution in [3.8, 4) is 5.75 Å². The van der Waals surface area contributed by atoms with Gasteiger partial charge in [-0.25, -0.2) is 0 Å². The second-order valence-corrected chi connectivity index (χ2v) is 5.44. The molecule has 0 fully saturated rings. The summed E-state index contributed by atoms with van der Waals surface area (Å²) >= 11 is 3.36. The fourth-order valence-corrected chi connectivity index (χ4v) is 2.20. The minimum absolute atomic E-state index is 0.382. The Morgan fingerprint density at radius 3 is 2.52 bits per heavy atom. The first kappa shape index (κ1) is 16.8. The first-order valence-corrected chi connectivity index (χ1v) is 7.56. The van der Waals surface area contributed by atoms with Crippen molar-refractivity contribution in [3.05, 3.63) is 70.2 Å². The van der Waals surface area contributed by atoms with Crippen molar-refractivity contribution < 1.29 is 14.3 Å². The van der Waals surface area contributed by atoms with Crippen LogP contribution in [0.2, 0.25) is 0 Å². The number of hydrogen-bond donors (Lipinski definition) is 2. The van der Waals surface area contributed by atoms with Crippen molar-refractivity contribution in [2.45, 2.75) is 0 Å². The smallest absolute Gasteiger partial charge is 0.269 e. The van der Waals surface area contributed by atoms with Crippen molar-refractivity contribution in [1.82, 2.24) is 10.9 Å². The number of benzene rings is 2. The lowest BCUT2D eigenvalue weighted by molar-refractivity contribution is -0.117. The predicted molar refractivity (Wildman–Crippen MR) is 91.8 cm³/mol. The molecule has 2 N–H and O–H groups in total. The second kappa shape index (κ2) is 8.14. The lowest BCUT2D eigenvalue weighted by Gasteiger charge is -2.06. The van der Waals surface area contributed by atoms with Crippen LogP contribution in [0, 0.1) is 0 Å². The van der Waals surface area contributed by atoms with E-state index in [-0.39, 0.29) is 5.91 Å². The number of hydrogen-bond acceptors (Lipinski definition) is 3. The molecule has 2 rings (SSSR count). The number of halogens is 1. The standard InChI is InChI=1S/C17H15BrN2O3/c1-23-15-9-8-14(18)11-13(15)7-10-16(21)19-20-17(22)12-5-3-2-4-6-12/h2-11H,1H3,(H,19,21)(H,20,22)/b10-7+. The summed E-state index contributed by atoms with van der Waals surface area (Å²) < 4.78 is 6.09. The van der Waals surface area contributed by atoms with E-state index in [2.05, 4.69) is 26.8 Å². The molecule has 0 spiro atoms. The van der Waals surface area contributed by atoms with Crippen LogP contribution in [0.5, 0.6) is 5.75 Å². The summed E-state index contributed by atoms with van der Waals surface area (Å²) in [5.74, 6) is -0.186. The van der Waals surface area contributed by atoms with Gasteiger partial charge in [-0.1, -0.05) is 34.1 Å². The van der Waals surface area contributed by atoms with Gasteiger partial charge < -0.3 is 4.74 Å². The zero-order chi connectivity index (χ0) is 16.7. The molecule has 0 saturated heterocycles. The lowest BCUT2D eigenvalue weighted by Crippen LogP contribution is -2.40. The maximum atomic E-state index is 11.8. The predicted octanol–water partition coefficient (Wildman–Crippen LogP) is 2.93. The van der Waals surface area contributed by atoms with Crippen molar-refractivity contribution in [2.75, 3.05) is 7.11 Å². The summed E-state index contributed by atoms with van der Waals surface area (Å²) in [6.45, 7) is 0. The zero-order valence-corrected chi connectivity index (χ0v) is 14.0. The summed E-state index contributed by atoms with van der Waals surface area (Å²) in [5.41, 5.74) is 5.88. The van der Waals surface area contributed by atoms with Crippen LogP contribution in [0.3, 0.4) is 0 Å². The van der Waals surface area contributed by atoms with E-state index < -0.39 is 5.91 Å². The summed E-state index contributed by atoms with van der Waals surface area (Å²) in [4.78, 5) is 23.6. The molecule has 2 aromatic rings. The summed E-state index contributed by atoms with van der Waals surface area (Å²) in [6, 6.07) is 14.1. The summed E-state index contributed by atoms with van der Waals surface area (Å²) in [5, 5.41) is 0. The highest BCUT2D eigenvalue weighted by Crippen LogP contribution is 2.23. The van der Waals surface area contributed by atoms with E-state index in [1.165, 1.54) is 6.08 Å². The molecule has 0 heterocycles. The molecule has 6 heteroatoms. The molecule has 2 amide bonds. The maximum Gasteiger partial charge on any atom is 0.269 e. The molecular formula is C17H15BrN2O3. The van der Waals surface area contributed by atoms with Crippen molar-refractivity contribution in [2.24, 2.45) is 0 Å². The van der Waals surface area contributed by atoms with Gasteiger partial charge in [0.1, 0.15) is 5.75 Å². The van der Waals surface area contributed by atoms with Crippen LogP contribution >= 0.6 is 15.9 Å². The zero-order valence-electron chi connectivity index (χ0n) is 12.4. The Hall–Kier alpha value is -2.60. The van der Waals surface area contributed by atoms with Gasteiger partial charge in [-0.3, -0.25) is 20.4 Å². The van der Waals surface area contributed by atoms with Gasteiger partial charge in [0, 0.05) is 21.7 Å². The Labute approximate surface area is 142 Å². The van der Waals surface area contributed by atoms with Crippen molar-refractivity contribution in [1.29, 1.82) is 0 Å². The fraction of sp³-hybridized carbons (Fsp3) is 0.0588. The van der Waals surface area contributed by atoms with E-state index in [9.17, 15) is 9.59 Å². The summed E-state index contributed by atoms with van der Waals surface area (Å²) in [6.07, 6.45) is 2.92. The van der Waals surface area contributed by atoms with E-state index in [1.54, 1.807) is 43.5 Å². The normalized spacial score (nSPS) is 10.3. The Balaban J connectivity index is 1.95. The first-order chi connectivity index (χ1) is 11.1. The van der Waals surface area contributed by atoms with Crippen molar-refractivity contribution >= 4 is 33.8 Å². The van der Waals surface area contributed by atoms with E-state index >= 15 is 0 Å². The number of nitrogens with one attached hydrogen (secondary N) is 2. The molecule has 0 unspecified atom stereocenters. The topological polar surface area (TPSA) is 67.4 Å². The third-order valence-electron chi connectivity index (χ3n) is 2.94. The average Bonchev–Trinajstić information content (AvgIpc) is 2.58. The van der Waals surface area contributed by atoms with Crippen LogP contribution < -0.4 is 15.6 Å². The van der Waals surface area contributed by atoms with Crippen LogP contribution in [0.25, 0.3) is 6.08 Å². The molecule has 0 radical (unpaired) electrons. The fourth-order valence-electron chi connectivity index (χ4n) is 1.82. The number of carbonyl (C=O) groups excluding carboxylic acids is 2. The quantitative estimate of drug-likeness (QED) is 0.638. The molecule has 23 heavy (non-hydrogen) atoms. The number of methoxy groups -OCH3 is 1. The largest absolute Gasteiger partial charge is 0.496 e. The second-order valence-electron chi connectivity index (χ2n) is 4.53. The minimum Gasteiger partial charge on any atom is -0.496 e. The molecule has 0 saturated carbocycles.